The molecule has 0 bridgehead atoms. The maximum Gasteiger partial charge on any atom is 0.573 e. The number of alkyl halides is 3. The first-order valence-corrected chi connectivity index (χ1v) is 9.53. The van der Waals surface area contributed by atoms with Crippen LogP contribution in [0.15, 0.2) is 46.0 Å². The van der Waals surface area contributed by atoms with Gasteiger partial charge >= 0.3 is 6.36 Å². The van der Waals surface area contributed by atoms with E-state index in [4.69, 9.17) is 0 Å². The van der Waals surface area contributed by atoms with Crippen molar-refractivity contribution in [1.29, 1.82) is 0 Å². The molecule has 4 nitrogen and oxygen atoms in total. The van der Waals surface area contributed by atoms with Crippen LogP contribution in [0.1, 0.15) is 18.4 Å². The number of hydrogen-bond donors (Lipinski definition) is 0. The van der Waals surface area contributed by atoms with Crippen molar-refractivity contribution in [3.05, 3.63) is 46.7 Å². The summed E-state index contributed by atoms with van der Waals surface area (Å²) < 4.78 is 67.9. The van der Waals surface area contributed by atoms with Gasteiger partial charge in [0.05, 0.1) is 4.90 Å². The van der Waals surface area contributed by atoms with E-state index >= 15 is 0 Å². The average Bonchev–Trinajstić information content (AvgIpc) is 3.19. The maximum absolute atomic E-state index is 12.9. The zero-order chi connectivity index (χ0) is 17.4. The minimum atomic E-state index is -4.87. The highest BCUT2D eigenvalue weighted by molar-refractivity contribution is 7.89. The van der Waals surface area contributed by atoms with Crippen LogP contribution in [0.5, 0.6) is 5.75 Å². The van der Waals surface area contributed by atoms with Gasteiger partial charge in [0.25, 0.3) is 0 Å². The van der Waals surface area contributed by atoms with Gasteiger partial charge in [0, 0.05) is 18.7 Å². The Morgan fingerprint density at radius 2 is 2.00 bits per heavy atom. The van der Waals surface area contributed by atoms with E-state index in [1.54, 1.807) is 0 Å². The van der Waals surface area contributed by atoms with Crippen molar-refractivity contribution < 1.29 is 26.3 Å². The number of ether oxygens (including phenoxy) is 1. The lowest BCUT2D eigenvalue weighted by atomic mass is 10.3. The van der Waals surface area contributed by atoms with Gasteiger partial charge in [-0.2, -0.15) is 15.6 Å². The molecule has 1 aromatic carbocycles. The summed E-state index contributed by atoms with van der Waals surface area (Å²) in [5.41, 5.74) is 0.859. The number of sulfonamides is 1. The van der Waals surface area contributed by atoms with Crippen LogP contribution in [-0.4, -0.2) is 25.1 Å². The Labute approximate surface area is 141 Å². The molecule has 1 aliphatic carbocycles. The zero-order valence-electron chi connectivity index (χ0n) is 12.4. The van der Waals surface area contributed by atoms with E-state index in [0.717, 1.165) is 30.5 Å². The molecule has 24 heavy (non-hydrogen) atoms. The molecule has 0 unspecified atom stereocenters. The number of halogens is 3. The van der Waals surface area contributed by atoms with Gasteiger partial charge in [0.1, 0.15) is 5.75 Å². The minimum Gasteiger partial charge on any atom is -0.406 e. The van der Waals surface area contributed by atoms with E-state index in [1.807, 2.05) is 16.8 Å². The number of thiophene rings is 1. The van der Waals surface area contributed by atoms with Crippen molar-refractivity contribution in [1.82, 2.24) is 4.31 Å². The highest BCUT2D eigenvalue weighted by atomic mass is 32.2. The monoisotopic (exact) mass is 377 g/mol. The van der Waals surface area contributed by atoms with Gasteiger partial charge in [0.15, 0.2) is 0 Å². The number of nitrogens with zero attached hydrogens (tertiary/aromatic N) is 1. The second kappa shape index (κ2) is 6.38. The Bertz CT molecular complexity index is 800. The normalized spacial score (nSPS) is 15.7. The third-order valence-corrected chi connectivity index (χ3v) is 6.14. The summed E-state index contributed by atoms with van der Waals surface area (Å²) in [5.74, 6) is -0.546. The minimum absolute atomic E-state index is 0.109. The molecule has 0 spiro atoms. The van der Waals surface area contributed by atoms with Crippen LogP contribution < -0.4 is 4.74 Å². The van der Waals surface area contributed by atoms with E-state index < -0.39 is 22.1 Å². The lowest BCUT2D eigenvalue weighted by Crippen LogP contribution is -2.32. The van der Waals surface area contributed by atoms with Crippen LogP contribution in [0.3, 0.4) is 0 Å². The van der Waals surface area contributed by atoms with Crippen molar-refractivity contribution in [2.75, 3.05) is 0 Å². The lowest BCUT2D eigenvalue weighted by Gasteiger charge is -2.22. The molecule has 1 heterocycles. The molecule has 1 aromatic heterocycles. The number of rotatable bonds is 6. The lowest BCUT2D eigenvalue weighted by molar-refractivity contribution is -0.274. The molecule has 1 saturated carbocycles. The molecule has 9 heteroatoms. The largest absolute Gasteiger partial charge is 0.573 e. The van der Waals surface area contributed by atoms with E-state index in [0.29, 0.717) is 0 Å². The predicted molar refractivity (Wildman–Crippen MR) is 83.2 cm³/mol. The van der Waals surface area contributed by atoms with Gasteiger partial charge in [-0.05, 0) is 47.4 Å². The fourth-order valence-electron chi connectivity index (χ4n) is 2.30. The SMILES string of the molecule is O=S(=O)(c1cccc(OC(F)(F)F)c1)N(Cc1ccsc1)C1CC1. The highest BCUT2D eigenvalue weighted by Gasteiger charge is 2.38. The van der Waals surface area contributed by atoms with Crippen LogP contribution in [0, 0.1) is 0 Å². The fraction of sp³-hybridized carbons (Fsp3) is 0.333. The predicted octanol–water partition coefficient (Wildman–Crippen LogP) is 4.00. The zero-order valence-corrected chi connectivity index (χ0v) is 14.0. The molecule has 3 rings (SSSR count). The first kappa shape index (κ1) is 17.2. The molecule has 0 amide bonds. The van der Waals surface area contributed by atoms with Gasteiger partial charge in [-0.15, -0.1) is 13.2 Å². The quantitative estimate of drug-likeness (QED) is 0.764. The summed E-state index contributed by atoms with van der Waals surface area (Å²) in [5, 5.41) is 3.71. The van der Waals surface area contributed by atoms with Gasteiger partial charge < -0.3 is 4.74 Å². The molecule has 0 N–H and O–H groups in total. The summed E-state index contributed by atoms with van der Waals surface area (Å²) in [4.78, 5) is -0.202. The van der Waals surface area contributed by atoms with Crippen molar-refractivity contribution in [3.63, 3.8) is 0 Å². The molecule has 0 saturated heterocycles. The number of hydrogen-bond acceptors (Lipinski definition) is 4. The molecule has 130 valence electrons. The van der Waals surface area contributed by atoms with Gasteiger partial charge in [-0.3, -0.25) is 0 Å². The van der Waals surface area contributed by atoms with E-state index in [9.17, 15) is 21.6 Å². The molecular formula is C15H14F3NO3S2. The second-order valence-electron chi connectivity index (χ2n) is 5.44. The second-order valence-corrected chi connectivity index (χ2v) is 8.11. The first-order valence-electron chi connectivity index (χ1n) is 7.14. The van der Waals surface area contributed by atoms with Crippen LogP contribution in [0.4, 0.5) is 13.2 Å². The summed E-state index contributed by atoms with van der Waals surface area (Å²) in [6.07, 6.45) is -3.36. The highest BCUT2D eigenvalue weighted by Crippen LogP contribution is 2.35. The van der Waals surface area contributed by atoms with E-state index in [-0.39, 0.29) is 17.5 Å². The summed E-state index contributed by atoms with van der Waals surface area (Å²) in [6, 6.07) is 6.23. The van der Waals surface area contributed by atoms with Crippen molar-refractivity contribution in [2.45, 2.75) is 36.7 Å². The molecule has 1 aliphatic rings. The van der Waals surface area contributed by atoms with Crippen LogP contribution in [-0.2, 0) is 16.6 Å². The third kappa shape index (κ3) is 4.08. The molecule has 0 aliphatic heterocycles. The van der Waals surface area contributed by atoms with Gasteiger partial charge in [-0.1, -0.05) is 6.07 Å². The Morgan fingerprint density at radius 1 is 1.25 bits per heavy atom. The summed E-state index contributed by atoms with van der Waals surface area (Å²) in [7, 11) is -3.90. The van der Waals surface area contributed by atoms with Crippen molar-refractivity contribution in [2.24, 2.45) is 0 Å². The third-order valence-electron chi connectivity index (χ3n) is 3.52. The van der Waals surface area contributed by atoms with Crippen LogP contribution in [0.25, 0.3) is 0 Å². The average molecular weight is 377 g/mol. The topological polar surface area (TPSA) is 46.6 Å². The summed E-state index contributed by atoms with van der Waals surface area (Å²) >= 11 is 1.46. The number of benzene rings is 1. The van der Waals surface area contributed by atoms with Crippen LogP contribution in [0.2, 0.25) is 0 Å². The van der Waals surface area contributed by atoms with Crippen LogP contribution >= 0.6 is 11.3 Å². The van der Waals surface area contributed by atoms with E-state index in [1.165, 1.54) is 27.8 Å². The Hall–Kier alpha value is -1.58. The Morgan fingerprint density at radius 3 is 2.58 bits per heavy atom. The first-order chi connectivity index (χ1) is 11.3. The smallest absolute Gasteiger partial charge is 0.406 e. The molecule has 0 atom stereocenters. The van der Waals surface area contributed by atoms with E-state index in [2.05, 4.69) is 4.74 Å². The molecular weight excluding hydrogens is 363 g/mol. The summed E-state index contributed by atoms with van der Waals surface area (Å²) in [6.45, 7) is 0.209. The maximum atomic E-state index is 12.9. The molecule has 0 radical (unpaired) electrons. The molecule has 1 fully saturated rings. The molecule has 2 aromatic rings. The van der Waals surface area contributed by atoms with Crippen molar-refractivity contribution >= 4 is 21.4 Å². The van der Waals surface area contributed by atoms with Gasteiger partial charge in [-0.25, -0.2) is 8.42 Å². The van der Waals surface area contributed by atoms with Gasteiger partial charge in [0.2, 0.25) is 10.0 Å². The standard InChI is InChI=1S/C15H14F3NO3S2/c16-15(17,18)22-13-2-1-3-14(8-13)24(20,21)19(12-4-5-12)9-11-6-7-23-10-11/h1-3,6-8,10,12H,4-5,9H2. The fourth-order valence-corrected chi connectivity index (χ4v) is 4.67. The van der Waals surface area contributed by atoms with Crippen molar-refractivity contribution in [3.8, 4) is 5.75 Å². The Kier molecular flexibility index (Phi) is 4.58. The Balaban J connectivity index is 1.89.